The zero-order valence-electron chi connectivity index (χ0n) is 8.00. The summed E-state index contributed by atoms with van der Waals surface area (Å²) in [7, 11) is -2.95. The largest absolute Gasteiger partial charge is 0.214 e. The first-order valence-corrected chi connectivity index (χ1v) is 5.95. The van der Waals surface area contributed by atoms with Gasteiger partial charge >= 0.3 is 0 Å². The molecule has 0 aromatic carbocycles. The molecule has 0 atom stereocenters. The molecule has 0 N–H and O–H groups in total. The lowest BCUT2D eigenvalue weighted by atomic mass is 10.1. The molecule has 0 unspecified atom stereocenters. The van der Waals surface area contributed by atoms with Gasteiger partial charge in [0.15, 0.2) is 0 Å². The molecule has 1 fully saturated rings. The van der Waals surface area contributed by atoms with Gasteiger partial charge in [0.1, 0.15) is 0 Å². The Balaban J connectivity index is 2.89. The average Bonchev–Trinajstić information content (AvgIpc) is 1.83. The van der Waals surface area contributed by atoms with Crippen LogP contribution in [0.25, 0.3) is 0 Å². The van der Waals surface area contributed by atoms with Crippen LogP contribution in [-0.2, 0) is 10.0 Å². The van der Waals surface area contributed by atoms with Gasteiger partial charge in [0.2, 0.25) is 10.0 Å². The van der Waals surface area contributed by atoms with Crippen molar-refractivity contribution in [3.05, 3.63) is 0 Å². The van der Waals surface area contributed by atoms with Crippen molar-refractivity contribution in [3.63, 3.8) is 0 Å². The van der Waals surface area contributed by atoms with Crippen molar-refractivity contribution in [3.8, 4) is 0 Å². The highest BCUT2D eigenvalue weighted by molar-refractivity contribution is 7.89. The van der Waals surface area contributed by atoms with E-state index in [1.807, 2.05) is 20.8 Å². The van der Waals surface area contributed by atoms with Gasteiger partial charge in [-0.25, -0.2) is 8.42 Å². The molecular formula is C8H17NO2S. The van der Waals surface area contributed by atoms with E-state index < -0.39 is 10.0 Å². The lowest BCUT2D eigenvalue weighted by Crippen LogP contribution is -2.49. The zero-order chi connectivity index (χ0) is 9.41. The maximum absolute atomic E-state index is 11.6. The van der Waals surface area contributed by atoms with Crippen LogP contribution in [0.4, 0.5) is 0 Å². The lowest BCUT2D eigenvalue weighted by molar-refractivity contribution is 0.237. The molecule has 0 spiro atoms. The van der Waals surface area contributed by atoms with Gasteiger partial charge in [0, 0.05) is 12.1 Å². The third-order valence-corrected chi connectivity index (χ3v) is 4.30. The summed E-state index contributed by atoms with van der Waals surface area (Å²) in [5.74, 6) is 0.324. The number of rotatable bonds is 0. The molecule has 0 aliphatic carbocycles. The van der Waals surface area contributed by atoms with E-state index in [-0.39, 0.29) is 5.54 Å². The number of hydrogen-bond acceptors (Lipinski definition) is 2. The Morgan fingerprint density at radius 3 is 2.08 bits per heavy atom. The second kappa shape index (κ2) is 3.00. The van der Waals surface area contributed by atoms with Gasteiger partial charge in [-0.15, -0.1) is 0 Å². The van der Waals surface area contributed by atoms with E-state index in [1.54, 1.807) is 4.31 Å². The summed E-state index contributed by atoms with van der Waals surface area (Å²) in [6, 6.07) is 0. The fourth-order valence-electron chi connectivity index (χ4n) is 1.54. The minimum Gasteiger partial charge on any atom is -0.212 e. The third-order valence-electron chi connectivity index (χ3n) is 2.10. The van der Waals surface area contributed by atoms with E-state index in [0.29, 0.717) is 12.3 Å². The number of sulfonamides is 1. The Morgan fingerprint density at radius 2 is 1.75 bits per heavy atom. The van der Waals surface area contributed by atoms with Crippen molar-refractivity contribution < 1.29 is 8.42 Å². The van der Waals surface area contributed by atoms with Crippen LogP contribution >= 0.6 is 0 Å². The molecule has 1 aliphatic heterocycles. The molecule has 1 aliphatic rings. The monoisotopic (exact) mass is 191 g/mol. The minimum absolute atomic E-state index is 0.251. The molecule has 1 saturated heterocycles. The molecule has 0 saturated carbocycles. The van der Waals surface area contributed by atoms with Gasteiger partial charge in [-0.1, -0.05) is 0 Å². The average molecular weight is 191 g/mol. The van der Waals surface area contributed by atoms with Crippen LogP contribution in [0.3, 0.4) is 0 Å². The third kappa shape index (κ3) is 1.98. The second-order valence-electron chi connectivity index (χ2n) is 4.27. The second-order valence-corrected chi connectivity index (χ2v) is 6.28. The maximum Gasteiger partial charge on any atom is 0.214 e. The highest BCUT2D eigenvalue weighted by atomic mass is 32.2. The first-order valence-electron chi connectivity index (χ1n) is 4.34. The van der Waals surface area contributed by atoms with Crippen LogP contribution in [0.5, 0.6) is 0 Å². The molecule has 0 amide bonds. The molecule has 0 aromatic heterocycles. The highest BCUT2D eigenvalue weighted by Gasteiger charge is 2.34. The Morgan fingerprint density at radius 1 is 1.17 bits per heavy atom. The van der Waals surface area contributed by atoms with Crippen molar-refractivity contribution in [2.45, 2.75) is 39.2 Å². The SMILES string of the molecule is CC(C)(C)N1CCCCS1(=O)=O. The van der Waals surface area contributed by atoms with E-state index in [4.69, 9.17) is 0 Å². The fraction of sp³-hybridized carbons (Fsp3) is 1.00. The Labute approximate surface area is 74.8 Å². The van der Waals surface area contributed by atoms with Crippen molar-refractivity contribution in [2.24, 2.45) is 0 Å². The van der Waals surface area contributed by atoms with Crippen LogP contribution in [0.2, 0.25) is 0 Å². The first kappa shape index (κ1) is 9.99. The molecule has 3 nitrogen and oxygen atoms in total. The van der Waals surface area contributed by atoms with E-state index in [1.165, 1.54) is 0 Å². The lowest BCUT2D eigenvalue weighted by Gasteiger charge is -2.37. The summed E-state index contributed by atoms with van der Waals surface area (Å²) in [6.45, 7) is 6.51. The number of nitrogens with zero attached hydrogens (tertiary/aromatic N) is 1. The summed E-state index contributed by atoms with van der Waals surface area (Å²) < 4.78 is 24.7. The minimum atomic E-state index is -2.95. The van der Waals surface area contributed by atoms with Crippen LogP contribution in [0, 0.1) is 0 Å². The van der Waals surface area contributed by atoms with Gasteiger partial charge in [0.25, 0.3) is 0 Å². The molecule has 1 heterocycles. The van der Waals surface area contributed by atoms with Crippen LogP contribution in [-0.4, -0.2) is 30.6 Å². The van der Waals surface area contributed by atoms with Gasteiger partial charge < -0.3 is 0 Å². The van der Waals surface area contributed by atoms with E-state index in [0.717, 1.165) is 12.8 Å². The van der Waals surface area contributed by atoms with Gasteiger partial charge in [0.05, 0.1) is 5.75 Å². The highest BCUT2D eigenvalue weighted by Crippen LogP contribution is 2.23. The molecular weight excluding hydrogens is 174 g/mol. The van der Waals surface area contributed by atoms with E-state index >= 15 is 0 Å². The quantitative estimate of drug-likeness (QED) is 0.577. The Kier molecular flexibility index (Phi) is 2.50. The van der Waals surface area contributed by atoms with Crippen molar-refractivity contribution >= 4 is 10.0 Å². The van der Waals surface area contributed by atoms with Crippen LogP contribution in [0.15, 0.2) is 0 Å². The van der Waals surface area contributed by atoms with E-state index in [2.05, 4.69) is 0 Å². The summed E-state index contributed by atoms with van der Waals surface area (Å²) >= 11 is 0. The van der Waals surface area contributed by atoms with E-state index in [9.17, 15) is 8.42 Å². The molecule has 72 valence electrons. The van der Waals surface area contributed by atoms with Gasteiger partial charge in [-0.2, -0.15) is 4.31 Å². The molecule has 12 heavy (non-hydrogen) atoms. The molecule has 0 bridgehead atoms. The smallest absolute Gasteiger partial charge is 0.212 e. The summed E-state index contributed by atoms with van der Waals surface area (Å²) in [5.41, 5.74) is -0.251. The number of hydrogen-bond donors (Lipinski definition) is 0. The Hall–Kier alpha value is -0.0900. The van der Waals surface area contributed by atoms with Crippen molar-refractivity contribution in [1.29, 1.82) is 0 Å². The summed E-state index contributed by atoms with van der Waals surface area (Å²) in [4.78, 5) is 0. The molecule has 4 heteroatoms. The topological polar surface area (TPSA) is 37.4 Å². The maximum atomic E-state index is 11.6. The van der Waals surface area contributed by atoms with Crippen molar-refractivity contribution in [2.75, 3.05) is 12.3 Å². The molecule has 0 radical (unpaired) electrons. The van der Waals surface area contributed by atoms with Crippen molar-refractivity contribution in [1.82, 2.24) is 4.31 Å². The summed E-state index contributed by atoms with van der Waals surface area (Å²) in [5, 5.41) is 0. The summed E-state index contributed by atoms with van der Waals surface area (Å²) in [6.07, 6.45) is 1.81. The predicted molar refractivity (Wildman–Crippen MR) is 49.5 cm³/mol. The first-order chi connectivity index (χ1) is 5.34. The zero-order valence-corrected chi connectivity index (χ0v) is 8.82. The standard InChI is InChI=1S/C8H17NO2S/c1-8(2,3)9-6-4-5-7-12(9,10)11/h4-7H2,1-3H3. The van der Waals surface area contributed by atoms with Gasteiger partial charge in [-0.3, -0.25) is 0 Å². The molecule has 0 aromatic rings. The normalized spacial score (nSPS) is 25.6. The van der Waals surface area contributed by atoms with Crippen LogP contribution < -0.4 is 0 Å². The fourth-order valence-corrected chi connectivity index (χ4v) is 3.57. The predicted octanol–water partition coefficient (Wildman–Crippen LogP) is 1.21. The Bertz CT molecular complexity index is 251. The molecule has 1 rings (SSSR count). The van der Waals surface area contributed by atoms with Gasteiger partial charge in [-0.05, 0) is 33.6 Å². The van der Waals surface area contributed by atoms with Crippen LogP contribution in [0.1, 0.15) is 33.6 Å².